The zero-order chi connectivity index (χ0) is 25.9. The Balaban J connectivity index is 1.90. The number of rotatable bonds is 7. The predicted octanol–water partition coefficient (Wildman–Crippen LogP) is 5.92. The molecule has 0 saturated carbocycles. The quantitative estimate of drug-likeness (QED) is 0.317. The second-order valence-electron chi connectivity index (χ2n) is 9.09. The second kappa shape index (κ2) is 10.4. The highest BCUT2D eigenvalue weighted by molar-refractivity contribution is 7.93. The van der Waals surface area contributed by atoms with Gasteiger partial charge in [0.25, 0.3) is 15.9 Å². The first-order valence-corrected chi connectivity index (χ1v) is 13.2. The molecule has 1 atom stereocenters. The fourth-order valence-electron chi connectivity index (χ4n) is 4.08. The van der Waals surface area contributed by atoms with Crippen LogP contribution in [0.2, 0.25) is 0 Å². The van der Waals surface area contributed by atoms with Crippen molar-refractivity contribution in [3.63, 3.8) is 0 Å². The first-order chi connectivity index (χ1) is 17.2. The van der Waals surface area contributed by atoms with Crippen molar-refractivity contribution in [2.24, 2.45) is 0 Å². The molecule has 0 bridgehead atoms. The third-order valence-electron chi connectivity index (χ3n) is 6.15. The molecule has 5 nitrogen and oxygen atoms in total. The van der Waals surface area contributed by atoms with E-state index in [4.69, 9.17) is 0 Å². The van der Waals surface area contributed by atoms with Crippen molar-refractivity contribution in [3.05, 3.63) is 125 Å². The topological polar surface area (TPSA) is 57.7 Å². The summed E-state index contributed by atoms with van der Waals surface area (Å²) in [5, 5.41) is 0. The average molecular weight is 499 g/mol. The molecule has 184 valence electrons. The van der Waals surface area contributed by atoms with Crippen molar-refractivity contribution >= 4 is 27.3 Å². The van der Waals surface area contributed by atoms with E-state index in [1.54, 1.807) is 54.6 Å². The highest BCUT2D eigenvalue weighted by Gasteiger charge is 2.37. The number of sulfonamides is 1. The maximum atomic E-state index is 14.4. The van der Waals surface area contributed by atoms with Crippen LogP contribution < -0.4 is 9.21 Å². The highest BCUT2D eigenvalue weighted by Crippen LogP contribution is 2.34. The zero-order valence-electron chi connectivity index (χ0n) is 20.9. The van der Waals surface area contributed by atoms with Gasteiger partial charge in [0.1, 0.15) is 0 Å². The monoisotopic (exact) mass is 498 g/mol. The number of nitrogens with zero attached hydrogens (tertiary/aromatic N) is 2. The Labute approximate surface area is 213 Å². The van der Waals surface area contributed by atoms with Gasteiger partial charge >= 0.3 is 0 Å². The lowest BCUT2D eigenvalue weighted by Gasteiger charge is -2.28. The molecular weight excluding hydrogens is 468 g/mol. The van der Waals surface area contributed by atoms with E-state index in [2.05, 4.69) is 0 Å². The van der Waals surface area contributed by atoms with Gasteiger partial charge in [-0.05, 0) is 61.4 Å². The van der Waals surface area contributed by atoms with Gasteiger partial charge in [0.05, 0.1) is 16.5 Å². The number of hydrogen-bond donors (Lipinski definition) is 0. The van der Waals surface area contributed by atoms with Gasteiger partial charge in [-0.3, -0.25) is 4.79 Å². The Morgan fingerprint density at radius 2 is 1.11 bits per heavy atom. The van der Waals surface area contributed by atoms with E-state index in [1.165, 1.54) is 0 Å². The fraction of sp³-hybridized carbons (Fsp3) is 0.167. The first-order valence-electron chi connectivity index (χ1n) is 11.7. The van der Waals surface area contributed by atoms with Gasteiger partial charge < -0.3 is 4.90 Å². The van der Waals surface area contributed by atoms with E-state index in [0.717, 1.165) is 32.2 Å². The van der Waals surface area contributed by atoms with Crippen LogP contribution in [0.25, 0.3) is 0 Å². The third kappa shape index (κ3) is 5.19. The van der Waals surface area contributed by atoms with Crippen LogP contribution in [0.5, 0.6) is 0 Å². The van der Waals surface area contributed by atoms with Gasteiger partial charge in [0, 0.05) is 19.8 Å². The molecule has 0 aliphatic rings. The second-order valence-corrected chi connectivity index (χ2v) is 10.9. The van der Waals surface area contributed by atoms with Gasteiger partial charge in [-0.1, -0.05) is 77.9 Å². The van der Waals surface area contributed by atoms with Crippen molar-refractivity contribution in [2.45, 2.75) is 24.7 Å². The smallest absolute Gasteiger partial charge is 0.270 e. The van der Waals surface area contributed by atoms with Crippen LogP contribution in [-0.4, -0.2) is 28.4 Å². The molecule has 0 aliphatic heterocycles. The highest BCUT2D eigenvalue weighted by atomic mass is 32.2. The molecule has 0 heterocycles. The number of benzene rings is 4. The summed E-state index contributed by atoms with van der Waals surface area (Å²) in [5.41, 5.74) is 4.72. The molecule has 0 spiro atoms. The largest absolute Gasteiger partial charge is 0.378 e. The van der Waals surface area contributed by atoms with Crippen molar-refractivity contribution in [1.82, 2.24) is 0 Å². The molecule has 1 unspecified atom stereocenters. The number of anilines is 2. The summed E-state index contributed by atoms with van der Waals surface area (Å²) in [6, 6.07) is 30.4. The maximum Gasteiger partial charge on any atom is 0.270 e. The fourth-order valence-corrected chi connectivity index (χ4v) is 5.51. The number of para-hydroxylation sites is 1. The molecule has 0 saturated heterocycles. The standard InChI is InChI=1S/C30H30N2O3S/c1-22-10-14-24(15-11-22)29(25-16-18-26(19-17-25)31(3)4)30(33)32(27-8-6-5-7-9-27)36(34,35)28-20-12-23(2)13-21-28/h5-21,29H,1-4H3. The van der Waals surface area contributed by atoms with Crippen LogP contribution in [0.1, 0.15) is 28.2 Å². The molecule has 0 fully saturated rings. The minimum absolute atomic E-state index is 0.0657. The molecule has 1 amide bonds. The van der Waals surface area contributed by atoms with Crippen LogP contribution in [0.4, 0.5) is 11.4 Å². The Hall–Kier alpha value is -3.90. The number of amides is 1. The summed E-state index contributed by atoms with van der Waals surface area (Å²) >= 11 is 0. The zero-order valence-corrected chi connectivity index (χ0v) is 21.7. The van der Waals surface area contributed by atoms with Gasteiger partial charge in [-0.2, -0.15) is 0 Å². The van der Waals surface area contributed by atoms with Gasteiger partial charge in [0.15, 0.2) is 0 Å². The Bertz CT molecular complexity index is 1430. The lowest BCUT2D eigenvalue weighted by molar-refractivity contribution is -0.118. The molecule has 36 heavy (non-hydrogen) atoms. The van der Waals surface area contributed by atoms with Crippen LogP contribution in [0, 0.1) is 13.8 Å². The van der Waals surface area contributed by atoms with Crippen molar-refractivity contribution in [3.8, 4) is 0 Å². The lowest BCUT2D eigenvalue weighted by atomic mass is 9.89. The Morgan fingerprint density at radius 3 is 1.61 bits per heavy atom. The molecule has 0 aliphatic carbocycles. The van der Waals surface area contributed by atoms with Crippen LogP contribution in [-0.2, 0) is 14.8 Å². The molecule has 0 radical (unpaired) electrons. The van der Waals surface area contributed by atoms with Crippen molar-refractivity contribution in [2.75, 3.05) is 23.3 Å². The SMILES string of the molecule is Cc1ccc(C(C(=O)N(c2ccccc2)S(=O)(=O)c2ccc(C)cc2)c2ccc(N(C)C)cc2)cc1. The van der Waals surface area contributed by atoms with E-state index in [9.17, 15) is 13.2 Å². The minimum Gasteiger partial charge on any atom is -0.378 e. The third-order valence-corrected chi connectivity index (χ3v) is 7.89. The number of carbonyl (C=O) groups excluding carboxylic acids is 1. The minimum atomic E-state index is -4.19. The van der Waals surface area contributed by atoms with Crippen molar-refractivity contribution < 1.29 is 13.2 Å². The van der Waals surface area contributed by atoms with Crippen molar-refractivity contribution in [1.29, 1.82) is 0 Å². The predicted molar refractivity (Wildman–Crippen MR) is 146 cm³/mol. The number of hydrogen-bond acceptors (Lipinski definition) is 4. The van der Waals surface area contributed by atoms with Crippen LogP contribution >= 0.6 is 0 Å². The molecule has 0 N–H and O–H groups in total. The van der Waals surface area contributed by atoms with E-state index in [-0.39, 0.29) is 4.90 Å². The Kier molecular flexibility index (Phi) is 7.27. The normalized spacial score (nSPS) is 12.1. The van der Waals surface area contributed by atoms with E-state index < -0.39 is 21.8 Å². The summed E-state index contributed by atoms with van der Waals surface area (Å²) in [6.45, 7) is 3.87. The van der Waals surface area contributed by atoms with Crippen LogP contribution in [0.15, 0.2) is 108 Å². The van der Waals surface area contributed by atoms with Gasteiger partial charge in [0.2, 0.25) is 0 Å². The summed E-state index contributed by atoms with van der Waals surface area (Å²) < 4.78 is 28.8. The summed E-state index contributed by atoms with van der Waals surface area (Å²) in [7, 11) is -0.291. The molecule has 0 aromatic heterocycles. The first kappa shape index (κ1) is 25.2. The molecule has 4 rings (SSSR count). The molecular formula is C30H30N2O3S. The average Bonchev–Trinajstić information content (AvgIpc) is 2.86. The summed E-state index contributed by atoms with van der Waals surface area (Å²) in [6.07, 6.45) is 0. The van der Waals surface area contributed by atoms with Gasteiger partial charge in [-0.25, -0.2) is 12.7 Å². The van der Waals surface area contributed by atoms with E-state index in [1.807, 2.05) is 81.4 Å². The molecule has 6 heteroatoms. The van der Waals surface area contributed by atoms with E-state index in [0.29, 0.717) is 5.69 Å². The maximum absolute atomic E-state index is 14.4. The van der Waals surface area contributed by atoms with E-state index >= 15 is 0 Å². The van der Waals surface area contributed by atoms with Gasteiger partial charge in [-0.15, -0.1) is 0 Å². The Morgan fingerprint density at radius 1 is 0.639 bits per heavy atom. The summed E-state index contributed by atoms with van der Waals surface area (Å²) in [5.74, 6) is -1.36. The summed E-state index contributed by atoms with van der Waals surface area (Å²) in [4.78, 5) is 16.4. The van der Waals surface area contributed by atoms with Crippen LogP contribution in [0.3, 0.4) is 0 Å². The number of aryl methyl sites for hydroxylation is 2. The lowest BCUT2D eigenvalue weighted by Crippen LogP contribution is -2.40. The molecule has 4 aromatic rings. The molecule has 4 aromatic carbocycles. The number of carbonyl (C=O) groups is 1.